The van der Waals surface area contributed by atoms with Crippen LogP contribution >= 0.6 is 0 Å². The monoisotopic (exact) mass is 678 g/mol. The van der Waals surface area contributed by atoms with Crippen LogP contribution in [0.2, 0.25) is 0 Å². The van der Waals surface area contributed by atoms with Crippen molar-refractivity contribution in [2.75, 3.05) is 42.7 Å². The van der Waals surface area contributed by atoms with Gasteiger partial charge in [-0.15, -0.1) is 0 Å². The number of anilines is 3. The number of nitrogens with zero attached hydrogens (tertiary/aromatic N) is 3. The summed E-state index contributed by atoms with van der Waals surface area (Å²) < 4.78 is 31.4. The average Bonchev–Trinajstić information content (AvgIpc) is 3.49. The summed E-state index contributed by atoms with van der Waals surface area (Å²) in [6.07, 6.45) is 1.46. The van der Waals surface area contributed by atoms with Crippen LogP contribution in [0.4, 0.5) is 22.0 Å². The molecule has 1 fully saturated rings. The number of aryl methyl sites for hydroxylation is 1. The van der Waals surface area contributed by atoms with Crippen LogP contribution in [0.3, 0.4) is 0 Å². The number of benzene rings is 4. The molecule has 10 heteroatoms. The van der Waals surface area contributed by atoms with E-state index in [0.29, 0.717) is 27.4 Å². The maximum absolute atomic E-state index is 14.8. The Hall–Kier alpha value is -4.67. The zero-order valence-electron chi connectivity index (χ0n) is 29.1. The van der Waals surface area contributed by atoms with E-state index >= 15 is 0 Å². The Labute approximate surface area is 289 Å². The molecule has 2 heterocycles. The number of aromatic nitrogens is 2. The summed E-state index contributed by atoms with van der Waals surface area (Å²) in [7, 11) is 0.0677. The summed E-state index contributed by atoms with van der Waals surface area (Å²) in [4.78, 5) is 15.8. The van der Waals surface area contributed by atoms with E-state index in [2.05, 4.69) is 36.7 Å². The van der Waals surface area contributed by atoms with Gasteiger partial charge >= 0.3 is 6.03 Å². The van der Waals surface area contributed by atoms with Gasteiger partial charge in [0.2, 0.25) is 0 Å². The summed E-state index contributed by atoms with van der Waals surface area (Å²) in [6, 6.07) is 28.0. The zero-order chi connectivity index (χ0) is 34.9. The summed E-state index contributed by atoms with van der Waals surface area (Å²) in [5.74, 6) is 0.438. The second-order valence-electron chi connectivity index (χ2n) is 14.2. The van der Waals surface area contributed by atoms with Crippen molar-refractivity contribution in [1.29, 1.82) is 0 Å². The molecule has 0 bridgehead atoms. The molecular weight excluding hydrogens is 633 g/mol. The van der Waals surface area contributed by atoms with Crippen LogP contribution in [0.1, 0.15) is 55.7 Å². The number of rotatable bonds is 8. The summed E-state index contributed by atoms with van der Waals surface area (Å²) in [5.41, 5.74) is 4.70. The molecule has 0 saturated carbocycles. The third-order valence-corrected chi connectivity index (χ3v) is 11.6. The van der Waals surface area contributed by atoms with E-state index in [1.165, 1.54) is 0 Å². The predicted octanol–water partition coefficient (Wildman–Crippen LogP) is 7.86. The van der Waals surface area contributed by atoms with Crippen LogP contribution in [0, 0.1) is 12.8 Å². The average molecular weight is 679 g/mol. The molecule has 49 heavy (non-hydrogen) atoms. The van der Waals surface area contributed by atoms with Gasteiger partial charge in [0.15, 0.2) is 9.84 Å². The van der Waals surface area contributed by atoms with E-state index in [-0.39, 0.29) is 11.3 Å². The van der Waals surface area contributed by atoms with Crippen molar-refractivity contribution in [3.8, 4) is 5.69 Å². The summed E-state index contributed by atoms with van der Waals surface area (Å²) >= 11 is 0. The lowest BCUT2D eigenvalue weighted by Crippen LogP contribution is -2.33. The molecule has 256 valence electrons. The van der Waals surface area contributed by atoms with Gasteiger partial charge in [-0.3, -0.25) is 5.32 Å². The minimum Gasteiger partial charge on any atom is -0.377 e. The molecule has 5 aromatic rings. The van der Waals surface area contributed by atoms with E-state index < -0.39 is 21.1 Å². The predicted molar refractivity (Wildman–Crippen MR) is 200 cm³/mol. The highest BCUT2D eigenvalue weighted by atomic mass is 32.2. The molecule has 3 N–H and O–H groups in total. The molecule has 2 amide bonds. The van der Waals surface area contributed by atoms with Crippen molar-refractivity contribution in [3.05, 3.63) is 108 Å². The number of hydrogen-bond acceptors (Lipinski definition) is 6. The zero-order valence-corrected chi connectivity index (χ0v) is 29.9. The topological polar surface area (TPSA) is 108 Å². The maximum atomic E-state index is 14.8. The highest BCUT2D eigenvalue weighted by molar-refractivity contribution is 7.92. The minimum atomic E-state index is -3.85. The largest absolute Gasteiger partial charge is 0.377 e. The minimum absolute atomic E-state index is 0.0951. The third-order valence-electron chi connectivity index (χ3n) is 9.26. The molecule has 4 aromatic carbocycles. The maximum Gasteiger partial charge on any atom is 0.324 e. The molecule has 1 unspecified atom stereocenters. The van der Waals surface area contributed by atoms with Crippen LogP contribution in [-0.4, -0.2) is 51.4 Å². The van der Waals surface area contributed by atoms with Crippen LogP contribution in [0.25, 0.3) is 16.5 Å². The molecule has 0 radical (unpaired) electrons. The number of carbonyl (C=O) groups excluding carboxylic acids is 1. The molecule has 1 aromatic heterocycles. The number of sulfone groups is 1. The van der Waals surface area contributed by atoms with Gasteiger partial charge in [-0.25, -0.2) is 17.9 Å². The van der Waals surface area contributed by atoms with Gasteiger partial charge in [0.05, 0.1) is 21.5 Å². The Bertz CT molecular complexity index is 2070. The Kier molecular flexibility index (Phi) is 9.55. The highest BCUT2D eigenvalue weighted by Gasteiger charge is 2.38. The molecule has 1 aliphatic rings. The number of fused-ring (bicyclic) bond motifs is 1. The van der Waals surface area contributed by atoms with Gasteiger partial charge in [0, 0.05) is 47.7 Å². The smallest absolute Gasteiger partial charge is 0.324 e. The Morgan fingerprint density at radius 2 is 1.57 bits per heavy atom. The Morgan fingerprint density at radius 3 is 2.27 bits per heavy atom. The van der Waals surface area contributed by atoms with Crippen molar-refractivity contribution in [3.63, 3.8) is 0 Å². The second kappa shape index (κ2) is 13.7. The lowest BCUT2D eigenvalue weighted by Gasteiger charge is -2.31. The number of piperidine rings is 1. The first-order valence-electron chi connectivity index (χ1n) is 16.8. The van der Waals surface area contributed by atoms with E-state index in [1.54, 1.807) is 22.9 Å². The fraction of sp³-hybridized carbons (Fsp3) is 0.333. The summed E-state index contributed by atoms with van der Waals surface area (Å²) in [6.45, 7) is 9.77. The molecule has 9 nitrogen and oxygen atoms in total. The van der Waals surface area contributed by atoms with Crippen molar-refractivity contribution in [1.82, 2.24) is 15.1 Å². The molecular formula is C39H46N6O3S. The highest BCUT2D eigenvalue weighted by Crippen LogP contribution is 2.42. The number of carbonyl (C=O) groups is 1. The van der Waals surface area contributed by atoms with Crippen LogP contribution in [0.5, 0.6) is 0 Å². The molecule has 0 aliphatic carbocycles. The number of amides is 2. The number of nitrogens with one attached hydrogen (secondary N) is 3. The van der Waals surface area contributed by atoms with Crippen LogP contribution in [0.15, 0.2) is 95.9 Å². The lowest BCUT2D eigenvalue weighted by molar-refractivity contribution is 0.262. The molecule has 1 aliphatic heterocycles. The standard InChI is InChI=1S/C39H46N6O3S/c1-26-16-18-30(19-17-26)45-36(25-35(43-45)39(2,3)4)42-38(46)41-29-11-7-10-28(24-29)37(27-20-22-40-23-21-27)49(47,48)34-15-9-12-31-32(34)13-8-14-33(31)44(5)6/h7-19,24-25,27,37,40H,20-23H2,1-6H3,(H2,41,42,46). The van der Waals surface area contributed by atoms with Crippen molar-refractivity contribution < 1.29 is 13.2 Å². The van der Waals surface area contributed by atoms with E-state index in [9.17, 15) is 13.2 Å². The van der Waals surface area contributed by atoms with Gasteiger partial charge in [0.1, 0.15) is 5.82 Å². The van der Waals surface area contributed by atoms with Crippen molar-refractivity contribution in [2.45, 2.75) is 56.1 Å². The first-order valence-corrected chi connectivity index (χ1v) is 18.4. The quantitative estimate of drug-likeness (QED) is 0.154. The first kappa shape index (κ1) is 34.2. The van der Waals surface area contributed by atoms with Gasteiger partial charge in [-0.1, -0.05) is 74.9 Å². The molecule has 6 rings (SSSR count). The normalized spacial score (nSPS) is 14.8. The molecule has 0 spiro atoms. The van der Waals surface area contributed by atoms with E-state index in [1.807, 2.05) is 98.7 Å². The summed E-state index contributed by atoms with van der Waals surface area (Å²) in [5, 5.41) is 15.0. The van der Waals surface area contributed by atoms with E-state index in [0.717, 1.165) is 53.9 Å². The van der Waals surface area contributed by atoms with Crippen molar-refractivity contribution in [2.24, 2.45) is 5.92 Å². The second-order valence-corrected chi connectivity index (χ2v) is 16.2. The van der Waals surface area contributed by atoms with E-state index in [4.69, 9.17) is 5.10 Å². The van der Waals surface area contributed by atoms with Crippen LogP contribution < -0.4 is 20.9 Å². The molecule has 1 saturated heterocycles. The fourth-order valence-corrected chi connectivity index (χ4v) is 8.99. The molecule has 1 atom stereocenters. The van der Waals surface area contributed by atoms with Gasteiger partial charge in [-0.05, 0) is 80.7 Å². The fourth-order valence-electron chi connectivity index (χ4n) is 6.68. The number of urea groups is 1. The Morgan fingerprint density at radius 1 is 0.898 bits per heavy atom. The SMILES string of the molecule is Cc1ccc(-n2nc(C(C)(C)C)cc2NC(=O)Nc2cccc(C(C3CCNCC3)S(=O)(=O)c3cccc4c(N(C)C)cccc34)c2)cc1. The van der Waals surface area contributed by atoms with Gasteiger partial charge in [0.25, 0.3) is 0 Å². The van der Waals surface area contributed by atoms with Crippen molar-refractivity contribution >= 4 is 43.8 Å². The first-order chi connectivity index (χ1) is 23.3. The van der Waals surface area contributed by atoms with Crippen LogP contribution in [-0.2, 0) is 15.3 Å². The number of hydrogen-bond donors (Lipinski definition) is 3. The van der Waals surface area contributed by atoms with Gasteiger partial charge < -0.3 is 15.5 Å². The third kappa shape index (κ3) is 7.21. The lowest BCUT2D eigenvalue weighted by atomic mass is 9.90. The Balaban J connectivity index is 1.33. The van der Waals surface area contributed by atoms with Gasteiger partial charge in [-0.2, -0.15) is 5.10 Å².